The Morgan fingerprint density at radius 2 is 2.12 bits per heavy atom. The maximum absolute atomic E-state index is 5.46. The number of halogens is 1. The summed E-state index contributed by atoms with van der Waals surface area (Å²) in [4.78, 5) is 0. The summed E-state index contributed by atoms with van der Waals surface area (Å²) >= 11 is 3.47. The van der Waals surface area contributed by atoms with Gasteiger partial charge in [-0.25, -0.2) is 0 Å². The molecule has 0 bridgehead atoms. The van der Waals surface area contributed by atoms with Crippen LogP contribution in [0.2, 0.25) is 0 Å². The molecule has 4 nitrogen and oxygen atoms in total. The van der Waals surface area contributed by atoms with Gasteiger partial charge < -0.3 is 10.2 Å². The molecule has 0 atom stereocenters. The van der Waals surface area contributed by atoms with Crippen LogP contribution in [0.4, 0.5) is 6.01 Å². The highest BCUT2D eigenvalue weighted by Crippen LogP contribution is 2.53. The molecule has 3 rings (SSSR count). The first-order valence-corrected chi connectivity index (χ1v) is 5.85. The first kappa shape index (κ1) is 9.84. The van der Waals surface area contributed by atoms with Crippen molar-refractivity contribution in [1.29, 1.82) is 0 Å². The summed E-state index contributed by atoms with van der Waals surface area (Å²) in [6.45, 7) is 0. The third kappa shape index (κ3) is 1.43. The summed E-state index contributed by atoms with van der Waals surface area (Å²) in [5.41, 5.74) is 6.56. The molecule has 5 heteroatoms. The van der Waals surface area contributed by atoms with Gasteiger partial charge in [0.25, 0.3) is 0 Å². The van der Waals surface area contributed by atoms with E-state index in [2.05, 4.69) is 38.3 Å². The van der Waals surface area contributed by atoms with Crippen molar-refractivity contribution in [3.8, 4) is 0 Å². The Kier molecular flexibility index (Phi) is 2.04. The maximum Gasteiger partial charge on any atom is 0.312 e. The van der Waals surface area contributed by atoms with Crippen molar-refractivity contribution in [3.05, 3.63) is 40.2 Å². The highest BCUT2D eigenvalue weighted by atomic mass is 79.9. The maximum atomic E-state index is 5.46. The smallest absolute Gasteiger partial charge is 0.312 e. The Hall–Kier alpha value is -1.36. The Labute approximate surface area is 101 Å². The fourth-order valence-corrected chi connectivity index (χ4v) is 2.36. The van der Waals surface area contributed by atoms with Gasteiger partial charge in [-0.2, -0.15) is 0 Å². The molecule has 1 aromatic heterocycles. The fraction of sp³-hybridized carbons (Fsp3) is 0.273. The zero-order valence-electron chi connectivity index (χ0n) is 8.48. The monoisotopic (exact) mass is 279 g/mol. The lowest BCUT2D eigenvalue weighted by Crippen LogP contribution is -2.09. The van der Waals surface area contributed by atoms with E-state index in [9.17, 15) is 0 Å². The first-order chi connectivity index (χ1) is 7.71. The van der Waals surface area contributed by atoms with Crippen molar-refractivity contribution in [1.82, 2.24) is 10.2 Å². The van der Waals surface area contributed by atoms with Gasteiger partial charge in [0.1, 0.15) is 0 Å². The molecule has 1 aliphatic carbocycles. The molecule has 16 heavy (non-hydrogen) atoms. The highest BCUT2D eigenvalue weighted by Gasteiger charge is 2.50. The van der Waals surface area contributed by atoms with Gasteiger partial charge in [-0.15, -0.1) is 5.10 Å². The molecule has 1 saturated carbocycles. The largest absolute Gasteiger partial charge is 0.407 e. The number of nitrogen functional groups attached to an aromatic ring is 1. The second-order valence-corrected chi connectivity index (χ2v) is 4.95. The fourth-order valence-electron chi connectivity index (χ4n) is 1.97. The zero-order valence-corrected chi connectivity index (χ0v) is 10.1. The third-order valence-electron chi connectivity index (χ3n) is 2.98. The summed E-state index contributed by atoms with van der Waals surface area (Å²) in [7, 11) is 0. The molecule has 2 N–H and O–H groups in total. The van der Waals surface area contributed by atoms with Crippen LogP contribution in [-0.2, 0) is 5.41 Å². The van der Waals surface area contributed by atoms with Crippen molar-refractivity contribution in [2.24, 2.45) is 0 Å². The Morgan fingerprint density at radius 3 is 2.69 bits per heavy atom. The van der Waals surface area contributed by atoms with E-state index < -0.39 is 0 Å². The van der Waals surface area contributed by atoms with Gasteiger partial charge in [-0.05, 0) is 30.5 Å². The molecule has 0 unspecified atom stereocenters. The normalized spacial score (nSPS) is 17.3. The van der Waals surface area contributed by atoms with Crippen molar-refractivity contribution >= 4 is 21.9 Å². The molecule has 1 heterocycles. The lowest BCUT2D eigenvalue weighted by molar-refractivity contribution is 0.475. The molecule has 82 valence electrons. The number of nitrogens with two attached hydrogens (primary N) is 1. The molecule has 0 saturated heterocycles. The van der Waals surface area contributed by atoms with E-state index in [1.807, 2.05) is 12.1 Å². The highest BCUT2D eigenvalue weighted by molar-refractivity contribution is 9.10. The van der Waals surface area contributed by atoms with Crippen LogP contribution in [0.15, 0.2) is 33.2 Å². The molecule has 1 fully saturated rings. The number of anilines is 1. The van der Waals surface area contributed by atoms with Crippen LogP contribution in [0.25, 0.3) is 0 Å². The number of benzene rings is 1. The minimum absolute atomic E-state index is 0.103. The quantitative estimate of drug-likeness (QED) is 0.917. The standard InChI is InChI=1S/C11H10BrN3O/c12-8-3-1-2-7(6-8)11(4-5-11)9-14-15-10(13)16-9/h1-3,6H,4-5H2,(H2,13,15). The van der Waals surface area contributed by atoms with Crippen LogP contribution in [0.5, 0.6) is 0 Å². The Balaban J connectivity index is 2.06. The van der Waals surface area contributed by atoms with Gasteiger partial charge >= 0.3 is 6.01 Å². The van der Waals surface area contributed by atoms with Gasteiger partial charge in [0.2, 0.25) is 5.89 Å². The number of hydrogen-bond acceptors (Lipinski definition) is 4. The van der Waals surface area contributed by atoms with Gasteiger partial charge in [0.05, 0.1) is 5.41 Å². The molecule has 0 radical (unpaired) electrons. The number of rotatable bonds is 2. The van der Waals surface area contributed by atoms with E-state index in [1.165, 1.54) is 5.56 Å². The summed E-state index contributed by atoms with van der Waals surface area (Å²) in [5.74, 6) is 0.628. The van der Waals surface area contributed by atoms with Gasteiger partial charge in [-0.3, -0.25) is 0 Å². The predicted octanol–water partition coefficient (Wildman–Crippen LogP) is 2.49. The molecular weight excluding hydrogens is 270 g/mol. The summed E-state index contributed by atoms with van der Waals surface area (Å²) in [5, 5.41) is 7.72. The topological polar surface area (TPSA) is 64.9 Å². The molecule has 1 aliphatic rings. The van der Waals surface area contributed by atoms with E-state index in [1.54, 1.807) is 0 Å². The third-order valence-corrected chi connectivity index (χ3v) is 3.47. The minimum atomic E-state index is -0.103. The van der Waals surface area contributed by atoms with Crippen LogP contribution in [0.3, 0.4) is 0 Å². The van der Waals surface area contributed by atoms with Crippen LogP contribution >= 0.6 is 15.9 Å². The Bertz CT molecular complexity index is 534. The lowest BCUT2D eigenvalue weighted by Gasteiger charge is -2.10. The zero-order chi connectivity index (χ0) is 11.2. The van der Waals surface area contributed by atoms with Gasteiger partial charge in [-0.1, -0.05) is 33.2 Å². The number of hydrogen-bond donors (Lipinski definition) is 1. The van der Waals surface area contributed by atoms with Crippen molar-refractivity contribution in [2.45, 2.75) is 18.3 Å². The van der Waals surface area contributed by atoms with E-state index >= 15 is 0 Å². The van der Waals surface area contributed by atoms with E-state index in [-0.39, 0.29) is 11.4 Å². The summed E-state index contributed by atoms with van der Waals surface area (Å²) < 4.78 is 6.40. The Morgan fingerprint density at radius 1 is 1.31 bits per heavy atom. The average Bonchev–Trinajstić information content (AvgIpc) is 2.97. The van der Waals surface area contributed by atoms with E-state index in [0.717, 1.165) is 17.3 Å². The SMILES string of the molecule is Nc1nnc(C2(c3cccc(Br)c3)CC2)o1. The molecule has 0 aliphatic heterocycles. The molecule has 2 aromatic rings. The average molecular weight is 280 g/mol. The number of aromatic nitrogens is 2. The van der Waals surface area contributed by atoms with Gasteiger partial charge in [0, 0.05) is 4.47 Å². The van der Waals surface area contributed by atoms with Crippen LogP contribution in [-0.4, -0.2) is 10.2 Å². The lowest BCUT2D eigenvalue weighted by atomic mass is 9.96. The van der Waals surface area contributed by atoms with E-state index in [4.69, 9.17) is 10.2 Å². The second-order valence-electron chi connectivity index (χ2n) is 4.04. The predicted molar refractivity (Wildman–Crippen MR) is 62.9 cm³/mol. The first-order valence-electron chi connectivity index (χ1n) is 5.06. The van der Waals surface area contributed by atoms with Crippen molar-refractivity contribution < 1.29 is 4.42 Å². The molecule has 0 amide bonds. The second kappa shape index (κ2) is 3.31. The molecular formula is C11H10BrN3O. The van der Waals surface area contributed by atoms with Crippen molar-refractivity contribution in [3.63, 3.8) is 0 Å². The van der Waals surface area contributed by atoms with E-state index in [0.29, 0.717) is 5.89 Å². The van der Waals surface area contributed by atoms with Crippen molar-refractivity contribution in [2.75, 3.05) is 5.73 Å². The van der Waals surface area contributed by atoms with Crippen LogP contribution in [0, 0.1) is 0 Å². The number of nitrogens with zero attached hydrogens (tertiary/aromatic N) is 2. The molecule has 0 spiro atoms. The van der Waals surface area contributed by atoms with Gasteiger partial charge in [0.15, 0.2) is 0 Å². The van der Waals surface area contributed by atoms with Crippen LogP contribution < -0.4 is 5.73 Å². The summed E-state index contributed by atoms with van der Waals surface area (Å²) in [6.07, 6.45) is 2.07. The summed E-state index contributed by atoms with van der Waals surface area (Å²) in [6, 6.07) is 8.32. The molecule has 1 aromatic carbocycles. The minimum Gasteiger partial charge on any atom is -0.407 e. The van der Waals surface area contributed by atoms with Crippen LogP contribution in [0.1, 0.15) is 24.3 Å².